The third-order valence-electron chi connectivity index (χ3n) is 4.11. The minimum absolute atomic E-state index is 0.0271. The Kier molecular flexibility index (Phi) is 4.54. The quantitative estimate of drug-likeness (QED) is 0.810. The van der Waals surface area contributed by atoms with Crippen molar-refractivity contribution in [3.63, 3.8) is 0 Å². The Morgan fingerprint density at radius 2 is 2.04 bits per heavy atom. The molecular formula is C16H19N5O3. The molecule has 1 aromatic carbocycles. The predicted octanol–water partition coefficient (Wildman–Crippen LogP) is 0.917. The molecule has 0 aliphatic heterocycles. The molecule has 1 aliphatic carbocycles. The van der Waals surface area contributed by atoms with E-state index in [1.807, 2.05) is 24.3 Å². The summed E-state index contributed by atoms with van der Waals surface area (Å²) in [4.78, 5) is 25.3. The molecule has 1 N–H and O–H groups in total. The lowest BCUT2D eigenvalue weighted by Crippen LogP contribution is -2.39. The zero-order valence-electron chi connectivity index (χ0n) is 13.4. The maximum atomic E-state index is 12.6. The van der Waals surface area contributed by atoms with Gasteiger partial charge < -0.3 is 10.0 Å². The number of benzene rings is 1. The van der Waals surface area contributed by atoms with Crippen molar-refractivity contribution in [2.45, 2.75) is 32.2 Å². The number of carboxylic acids is 1. The zero-order chi connectivity index (χ0) is 17.1. The van der Waals surface area contributed by atoms with Gasteiger partial charge in [0.05, 0.1) is 18.0 Å². The summed E-state index contributed by atoms with van der Waals surface area (Å²) in [7, 11) is 0. The molecule has 0 spiro atoms. The van der Waals surface area contributed by atoms with Crippen LogP contribution in [-0.4, -0.2) is 54.7 Å². The van der Waals surface area contributed by atoms with Crippen LogP contribution in [0.2, 0.25) is 0 Å². The van der Waals surface area contributed by atoms with E-state index in [1.54, 1.807) is 11.8 Å². The Balaban J connectivity index is 1.65. The summed E-state index contributed by atoms with van der Waals surface area (Å²) in [6.45, 7) is 1.90. The van der Waals surface area contributed by atoms with E-state index in [0.29, 0.717) is 0 Å². The fourth-order valence-corrected chi connectivity index (χ4v) is 2.54. The van der Waals surface area contributed by atoms with Crippen LogP contribution < -0.4 is 0 Å². The highest BCUT2D eigenvalue weighted by Gasteiger charge is 2.34. The Labute approximate surface area is 139 Å². The molecule has 8 heteroatoms. The average molecular weight is 329 g/mol. The van der Waals surface area contributed by atoms with Crippen LogP contribution in [0.5, 0.6) is 0 Å². The molecular weight excluding hydrogens is 310 g/mol. The van der Waals surface area contributed by atoms with Gasteiger partial charge in [-0.25, -0.2) is 4.68 Å². The Hall–Kier alpha value is -2.77. The molecule has 3 rings (SSSR count). The van der Waals surface area contributed by atoms with Gasteiger partial charge in [0.1, 0.15) is 6.33 Å². The van der Waals surface area contributed by atoms with E-state index in [-0.39, 0.29) is 24.9 Å². The van der Waals surface area contributed by atoms with Crippen molar-refractivity contribution < 1.29 is 14.7 Å². The second-order valence-corrected chi connectivity index (χ2v) is 6.11. The van der Waals surface area contributed by atoms with Gasteiger partial charge in [-0.05, 0) is 41.0 Å². The number of carbonyl (C=O) groups is 2. The average Bonchev–Trinajstić information content (AvgIpc) is 3.26. The van der Waals surface area contributed by atoms with Crippen molar-refractivity contribution in [2.24, 2.45) is 5.92 Å². The predicted molar refractivity (Wildman–Crippen MR) is 84.4 cm³/mol. The monoisotopic (exact) mass is 329 g/mol. The summed E-state index contributed by atoms with van der Waals surface area (Å²) in [5.41, 5.74) is 1.69. The topological polar surface area (TPSA) is 101 Å². The number of nitrogens with zero attached hydrogens (tertiary/aromatic N) is 5. The van der Waals surface area contributed by atoms with Gasteiger partial charge in [-0.3, -0.25) is 9.59 Å². The maximum Gasteiger partial charge on any atom is 0.308 e. The molecule has 1 atom stereocenters. The Bertz CT molecular complexity index is 710. The number of carboxylic acid groups (broad SMARTS) is 1. The first kappa shape index (κ1) is 16.1. The van der Waals surface area contributed by atoms with Crippen molar-refractivity contribution in [1.29, 1.82) is 0 Å². The highest BCUT2D eigenvalue weighted by atomic mass is 16.4. The maximum absolute atomic E-state index is 12.6. The highest BCUT2D eigenvalue weighted by Crippen LogP contribution is 2.28. The third-order valence-corrected chi connectivity index (χ3v) is 4.11. The van der Waals surface area contributed by atoms with Crippen molar-refractivity contribution in [2.75, 3.05) is 6.54 Å². The summed E-state index contributed by atoms with van der Waals surface area (Å²) in [6.07, 6.45) is 3.67. The van der Waals surface area contributed by atoms with Crippen LogP contribution >= 0.6 is 0 Å². The van der Waals surface area contributed by atoms with Gasteiger partial charge in [0, 0.05) is 12.6 Å². The van der Waals surface area contributed by atoms with Gasteiger partial charge in [0.15, 0.2) is 0 Å². The van der Waals surface area contributed by atoms with Gasteiger partial charge >= 0.3 is 5.97 Å². The second-order valence-electron chi connectivity index (χ2n) is 6.11. The molecule has 24 heavy (non-hydrogen) atoms. The number of tetrazole rings is 1. The van der Waals surface area contributed by atoms with E-state index in [2.05, 4.69) is 15.5 Å². The lowest BCUT2D eigenvalue weighted by molar-refractivity contribution is -0.143. The molecule has 1 unspecified atom stereocenters. The fourth-order valence-electron chi connectivity index (χ4n) is 2.54. The minimum atomic E-state index is -0.876. The standard InChI is InChI=1S/C16H19N5O3/c1-11(16(23)24)9-20(13-6-7-13)15(22)8-12-2-4-14(5-3-12)21-10-17-18-19-21/h2-5,10-11,13H,6-9H2,1H3,(H,23,24). The van der Waals surface area contributed by atoms with Crippen LogP contribution in [0.15, 0.2) is 30.6 Å². The number of hydrogen-bond donors (Lipinski definition) is 1. The summed E-state index contributed by atoms with van der Waals surface area (Å²) in [5, 5.41) is 20.0. The summed E-state index contributed by atoms with van der Waals surface area (Å²) < 4.78 is 1.54. The van der Waals surface area contributed by atoms with E-state index in [9.17, 15) is 9.59 Å². The second kappa shape index (κ2) is 6.77. The third kappa shape index (κ3) is 3.76. The number of rotatable bonds is 7. The smallest absolute Gasteiger partial charge is 0.308 e. The molecule has 1 amide bonds. The highest BCUT2D eigenvalue weighted by molar-refractivity contribution is 5.80. The first-order chi connectivity index (χ1) is 11.5. The first-order valence-electron chi connectivity index (χ1n) is 7.89. The zero-order valence-corrected chi connectivity index (χ0v) is 13.4. The number of aromatic nitrogens is 4. The molecule has 1 aromatic heterocycles. The van der Waals surface area contributed by atoms with Gasteiger partial charge in [-0.2, -0.15) is 0 Å². The van der Waals surface area contributed by atoms with Gasteiger partial charge in [-0.1, -0.05) is 19.1 Å². The van der Waals surface area contributed by atoms with E-state index in [1.165, 1.54) is 11.0 Å². The molecule has 1 fully saturated rings. The summed E-state index contributed by atoms with van der Waals surface area (Å²) >= 11 is 0. The van der Waals surface area contributed by atoms with E-state index < -0.39 is 11.9 Å². The van der Waals surface area contributed by atoms with Gasteiger partial charge in [0.2, 0.25) is 5.91 Å². The van der Waals surface area contributed by atoms with Gasteiger partial charge in [-0.15, -0.1) is 5.10 Å². The minimum Gasteiger partial charge on any atom is -0.481 e. The molecule has 0 bridgehead atoms. The van der Waals surface area contributed by atoms with Crippen LogP contribution in [-0.2, 0) is 16.0 Å². The Morgan fingerprint density at radius 3 is 2.58 bits per heavy atom. The lowest BCUT2D eigenvalue weighted by atomic mass is 10.1. The lowest BCUT2D eigenvalue weighted by Gasteiger charge is -2.24. The van der Waals surface area contributed by atoms with Crippen molar-refractivity contribution >= 4 is 11.9 Å². The van der Waals surface area contributed by atoms with E-state index in [4.69, 9.17) is 5.11 Å². The molecule has 8 nitrogen and oxygen atoms in total. The molecule has 1 aliphatic rings. The summed E-state index contributed by atoms with van der Waals surface area (Å²) in [5.74, 6) is -1.46. The van der Waals surface area contributed by atoms with Crippen LogP contribution in [0.1, 0.15) is 25.3 Å². The molecule has 1 heterocycles. The van der Waals surface area contributed by atoms with Gasteiger partial charge in [0.25, 0.3) is 0 Å². The molecule has 2 aromatic rings. The molecule has 0 radical (unpaired) electrons. The first-order valence-corrected chi connectivity index (χ1v) is 7.89. The van der Waals surface area contributed by atoms with Crippen molar-refractivity contribution in [1.82, 2.24) is 25.1 Å². The number of hydrogen-bond acceptors (Lipinski definition) is 5. The number of amides is 1. The van der Waals surface area contributed by atoms with Crippen LogP contribution in [0.3, 0.4) is 0 Å². The normalized spacial score (nSPS) is 15.0. The largest absolute Gasteiger partial charge is 0.481 e. The molecule has 1 saturated carbocycles. The Morgan fingerprint density at radius 1 is 1.33 bits per heavy atom. The van der Waals surface area contributed by atoms with Crippen LogP contribution in [0.25, 0.3) is 5.69 Å². The van der Waals surface area contributed by atoms with Crippen LogP contribution in [0.4, 0.5) is 0 Å². The van der Waals surface area contributed by atoms with Crippen LogP contribution in [0, 0.1) is 5.92 Å². The number of carbonyl (C=O) groups excluding carboxylic acids is 1. The molecule has 0 saturated heterocycles. The van der Waals surface area contributed by atoms with Crippen molar-refractivity contribution in [3.8, 4) is 5.69 Å². The SMILES string of the molecule is CC(CN(C(=O)Cc1ccc(-n2cnnn2)cc1)C1CC1)C(=O)O. The fraction of sp³-hybridized carbons (Fsp3) is 0.438. The van der Waals surface area contributed by atoms with E-state index in [0.717, 1.165) is 24.1 Å². The van der Waals surface area contributed by atoms with E-state index >= 15 is 0 Å². The van der Waals surface area contributed by atoms with Crippen molar-refractivity contribution in [3.05, 3.63) is 36.2 Å². The summed E-state index contributed by atoms with van der Waals surface area (Å²) in [6, 6.07) is 7.61. The molecule has 126 valence electrons. The number of aliphatic carboxylic acids is 1.